The largest absolute Gasteiger partial charge is 0.471 e. The number of hydrogen-bond acceptors (Lipinski definition) is 11. The van der Waals surface area contributed by atoms with E-state index in [0.717, 1.165) is 0 Å². The van der Waals surface area contributed by atoms with Crippen LogP contribution in [0.4, 0.5) is 18.9 Å². The third kappa shape index (κ3) is 5.28. The number of rotatable bonds is 5. The quantitative estimate of drug-likeness (QED) is 0.362. The third-order valence-corrected chi connectivity index (χ3v) is 8.09. The predicted octanol–water partition coefficient (Wildman–Crippen LogP) is 3.25. The predicted molar refractivity (Wildman–Crippen MR) is 134 cm³/mol. The monoisotopic (exact) mass is 587 g/mol. The van der Waals surface area contributed by atoms with Gasteiger partial charge in [-0.25, -0.2) is 8.42 Å². The molecule has 12 nitrogen and oxygen atoms in total. The van der Waals surface area contributed by atoms with Crippen LogP contribution in [-0.4, -0.2) is 46.5 Å². The first kappa shape index (κ1) is 27.9. The van der Waals surface area contributed by atoms with E-state index in [1.807, 2.05) is 0 Å². The van der Waals surface area contributed by atoms with Crippen molar-refractivity contribution in [1.82, 2.24) is 20.3 Å². The average Bonchev–Trinajstić information content (AvgIpc) is 3.61. The van der Waals surface area contributed by atoms with Crippen molar-refractivity contribution in [2.75, 3.05) is 10.7 Å². The number of nitriles is 1. The highest BCUT2D eigenvalue weighted by Gasteiger charge is 2.39. The molecule has 1 atom stereocenters. The molecule has 16 heteroatoms. The number of nitrogens with zero attached hydrogens (tertiary/aromatic N) is 6. The smallest absolute Gasteiger partial charge is 0.419 e. The lowest BCUT2D eigenvalue weighted by atomic mass is 9.96. The van der Waals surface area contributed by atoms with Crippen LogP contribution in [0, 0.1) is 11.3 Å². The van der Waals surface area contributed by atoms with Crippen molar-refractivity contribution in [1.29, 1.82) is 5.26 Å². The van der Waals surface area contributed by atoms with Crippen LogP contribution >= 0.6 is 0 Å². The van der Waals surface area contributed by atoms with Gasteiger partial charge >= 0.3 is 12.1 Å². The summed E-state index contributed by atoms with van der Waals surface area (Å²) in [6.07, 6.45) is -4.79. The van der Waals surface area contributed by atoms with Crippen LogP contribution in [0.25, 0.3) is 22.8 Å². The summed E-state index contributed by atoms with van der Waals surface area (Å²) in [5, 5.41) is 20.6. The number of halogens is 3. The first-order chi connectivity index (χ1) is 19.2. The number of alkyl halides is 3. The minimum atomic E-state index is -4.79. The average molecular weight is 588 g/mol. The van der Waals surface area contributed by atoms with Gasteiger partial charge in [-0.3, -0.25) is 4.79 Å². The summed E-state index contributed by atoms with van der Waals surface area (Å²) < 4.78 is 74.6. The normalized spacial score (nSPS) is 17.1. The van der Waals surface area contributed by atoms with E-state index < -0.39 is 45.0 Å². The summed E-state index contributed by atoms with van der Waals surface area (Å²) in [4.78, 5) is 17.7. The highest BCUT2D eigenvalue weighted by atomic mass is 32.2. The Morgan fingerprint density at radius 1 is 1.10 bits per heavy atom. The lowest BCUT2D eigenvalue weighted by molar-refractivity contribution is -0.159. The maximum absolute atomic E-state index is 13.3. The first-order valence-electron chi connectivity index (χ1n) is 11.9. The van der Waals surface area contributed by atoms with Crippen LogP contribution in [0.15, 0.2) is 56.3 Å². The van der Waals surface area contributed by atoms with E-state index in [1.165, 1.54) is 47.4 Å². The van der Waals surface area contributed by atoms with Crippen LogP contribution < -0.4 is 10.6 Å². The second-order valence-corrected chi connectivity index (χ2v) is 11.8. The Bertz CT molecular complexity index is 1790. The lowest BCUT2D eigenvalue weighted by Crippen LogP contribution is -2.45. The second kappa shape index (κ2) is 9.78. The van der Waals surface area contributed by atoms with Gasteiger partial charge in [-0.15, -0.1) is 10.2 Å². The number of sulfone groups is 1. The molecule has 1 amide bonds. The Morgan fingerprint density at radius 3 is 2.41 bits per heavy atom. The van der Waals surface area contributed by atoms with Crippen LogP contribution in [0.1, 0.15) is 31.2 Å². The molecule has 0 saturated heterocycles. The summed E-state index contributed by atoms with van der Waals surface area (Å²) in [7, 11) is -3.98. The molecule has 0 spiro atoms. The molecule has 0 aliphatic carbocycles. The molecule has 0 fully saturated rings. The van der Waals surface area contributed by atoms with Crippen molar-refractivity contribution in [3.8, 4) is 28.9 Å². The number of anilines is 1. The first-order valence-corrected chi connectivity index (χ1v) is 13.5. The van der Waals surface area contributed by atoms with E-state index in [4.69, 9.17) is 10.2 Å². The van der Waals surface area contributed by atoms with Crippen molar-refractivity contribution < 1.29 is 35.3 Å². The second-order valence-electron chi connectivity index (χ2n) is 9.76. The topological polar surface area (TPSA) is 182 Å². The molecule has 2 aromatic heterocycles. The van der Waals surface area contributed by atoms with Crippen molar-refractivity contribution in [2.24, 2.45) is 5.73 Å². The molecule has 41 heavy (non-hydrogen) atoms. The van der Waals surface area contributed by atoms with Crippen molar-refractivity contribution in [3.05, 3.63) is 59.8 Å². The standard InChI is InChI=1S/C25H20F3N7O5S/c1-24(2,12-29)22-33-32-20(39-22)15-7-8-18-17(9-15)35(21(36)16(30)11-41(18,37)38)10-13-3-5-14(6-4-13)19-31-23(40-34-19)25(26,27)28/h3-9,16H,10-11,30H2,1-2H3/t16-/m0/s1. The number of amides is 1. The third-order valence-electron chi connectivity index (χ3n) is 6.27. The van der Waals surface area contributed by atoms with Crippen LogP contribution in [0.3, 0.4) is 0 Å². The van der Waals surface area contributed by atoms with E-state index in [0.29, 0.717) is 11.1 Å². The summed E-state index contributed by atoms with van der Waals surface area (Å²) in [6, 6.07) is 10.8. The fourth-order valence-corrected chi connectivity index (χ4v) is 5.60. The number of carbonyl (C=O) groups is 1. The van der Waals surface area contributed by atoms with Gasteiger partial charge in [-0.05, 0) is 37.6 Å². The molecule has 4 aromatic rings. The van der Waals surface area contributed by atoms with Gasteiger partial charge in [0, 0.05) is 11.1 Å². The number of carbonyl (C=O) groups excluding carboxylic acids is 1. The molecule has 212 valence electrons. The summed E-state index contributed by atoms with van der Waals surface area (Å²) >= 11 is 0. The maximum atomic E-state index is 13.3. The van der Waals surface area contributed by atoms with Gasteiger partial charge in [0.15, 0.2) is 9.84 Å². The van der Waals surface area contributed by atoms with E-state index in [-0.39, 0.29) is 40.3 Å². The SMILES string of the molecule is CC(C)(C#N)c1nnc(-c2ccc3c(c2)N(Cc2ccc(-c4noc(C(F)(F)F)n4)cc2)C(=O)[C@@H](N)CS3(=O)=O)o1. The minimum absolute atomic E-state index is 0.00663. The van der Waals surface area contributed by atoms with Crippen molar-refractivity contribution in [3.63, 3.8) is 0 Å². The summed E-state index contributed by atoms with van der Waals surface area (Å²) in [5.41, 5.74) is 5.95. The number of nitrogens with two attached hydrogens (primary N) is 1. The zero-order valence-corrected chi connectivity index (χ0v) is 22.2. The molecular weight excluding hydrogens is 567 g/mol. The number of hydrogen-bond donors (Lipinski definition) is 1. The Labute approximate surface area is 230 Å². The van der Waals surface area contributed by atoms with E-state index in [9.17, 15) is 31.6 Å². The van der Waals surface area contributed by atoms with Crippen molar-refractivity contribution >= 4 is 21.4 Å². The van der Waals surface area contributed by atoms with Crippen molar-refractivity contribution in [2.45, 2.75) is 42.9 Å². The maximum Gasteiger partial charge on any atom is 0.471 e. The van der Waals surface area contributed by atoms with Gasteiger partial charge in [0.2, 0.25) is 23.5 Å². The molecule has 0 radical (unpaired) electrons. The Hall–Kier alpha value is -4.62. The van der Waals surface area contributed by atoms with Crippen LogP contribution in [0.5, 0.6) is 0 Å². The number of aromatic nitrogens is 4. The van der Waals surface area contributed by atoms with Gasteiger partial charge < -0.3 is 19.6 Å². The minimum Gasteiger partial charge on any atom is -0.419 e. The fourth-order valence-electron chi connectivity index (χ4n) is 4.04. The fraction of sp³-hybridized carbons (Fsp3) is 0.280. The van der Waals surface area contributed by atoms with Gasteiger partial charge in [0.1, 0.15) is 5.41 Å². The zero-order chi connectivity index (χ0) is 29.7. The molecule has 0 saturated carbocycles. The molecule has 0 bridgehead atoms. The summed E-state index contributed by atoms with van der Waals surface area (Å²) in [6.45, 7) is 3.05. The van der Waals surface area contributed by atoms with Crippen LogP contribution in [-0.2, 0) is 32.8 Å². The number of fused-ring (bicyclic) bond motifs is 1. The summed E-state index contributed by atoms with van der Waals surface area (Å²) in [5.74, 6) is -2.99. The van der Waals surface area contributed by atoms with E-state index in [1.54, 1.807) is 13.8 Å². The molecule has 1 aliphatic rings. The highest BCUT2D eigenvalue weighted by Crippen LogP contribution is 2.36. The molecule has 0 unspecified atom stereocenters. The lowest BCUT2D eigenvalue weighted by Gasteiger charge is -2.24. The van der Waals surface area contributed by atoms with E-state index in [2.05, 4.69) is 30.9 Å². The molecule has 5 rings (SSSR count). The van der Waals surface area contributed by atoms with Crippen LogP contribution in [0.2, 0.25) is 0 Å². The highest BCUT2D eigenvalue weighted by molar-refractivity contribution is 7.91. The Morgan fingerprint density at radius 2 is 1.78 bits per heavy atom. The molecule has 1 aliphatic heterocycles. The molecular formula is C25H20F3N7O5S. The molecule has 3 heterocycles. The molecule has 2 N–H and O–H groups in total. The number of benzene rings is 2. The zero-order valence-electron chi connectivity index (χ0n) is 21.4. The molecule has 2 aromatic carbocycles. The van der Waals surface area contributed by atoms with Gasteiger partial charge in [-0.1, -0.05) is 29.4 Å². The van der Waals surface area contributed by atoms with Gasteiger partial charge in [0.05, 0.1) is 35.0 Å². The van der Waals surface area contributed by atoms with Gasteiger partial charge in [-0.2, -0.15) is 23.4 Å². The Balaban J connectivity index is 1.52. The van der Waals surface area contributed by atoms with Gasteiger partial charge in [0.25, 0.3) is 0 Å². The Kier molecular flexibility index (Phi) is 6.66. The van der Waals surface area contributed by atoms with E-state index >= 15 is 0 Å².